The standard InChI is InChI=1S/C26H25N5O2/c1-17-7-6-9-21(15-17)25-24(27-16-33-25)26(32)28-23-18(2)29-31(19(23)3)14-13-30-12-11-20-8-4-5-10-22(20)30/h4-12,15-16H,13-14H2,1-3H3,(H,28,32). The average Bonchev–Trinajstić information content (AvgIpc) is 3.52. The monoisotopic (exact) mass is 439 g/mol. The van der Waals surface area contributed by atoms with Gasteiger partial charge in [0.1, 0.15) is 0 Å². The van der Waals surface area contributed by atoms with E-state index in [2.05, 4.69) is 44.4 Å². The van der Waals surface area contributed by atoms with Crippen LogP contribution in [0.2, 0.25) is 0 Å². The van der Waals surface area contributed by atoms with Crippen LogP contribution in [0, 0.1) is 20.8 Å². The predicted octanol–water partition coefficient (Wildman–Crippen LogP) is 5.37. The number of anilines is 1. The molecule has 5 rings (SSSR count). The second-order valence-corrected chi connectivity index (χ2v) is 8.19. The largest absolute Gasteiger partial charge is 0.443 e. The van der Waals surface area contributed by atoms with E-state index in [-0.39, 0.29) is 11.6 Å². The first-order valence-corrected chi connectivity index (χ1v) is 10.9. The van der Waals surface area contributed by atoms with Crippen molar-refractivity contribution < 1.29 is 9.21 Å². The lowest BCUT2D eigenvalue weighted by atomic mass is 10.1. The average molecular weight is 440 g/mol. The number of rotatable bonds is 6. The first-order chi connectivity index (χ1) is 16.0. The van der Waals surface area contributed by atoms with Gasteiger partial charge in [0.2, 0.25) is 0 Å². The summed E-state index contributed by atoms with van der Waals surface area (Å²) in [5.41, 5.74) is 5.72. The molecule has 1 N–H and O–H groups in total. The molecule has 166 valence electrons. The molecule has 0 saturated carbocycles. The molecule has 0 unspecified atom stereocenters. The van der Waals surface area contributed by atoms with Gasteiger partial charge >= 0.3 is 0 Å². The predicted molar refractivity (Wildman–Crippen MR) is 128 cm³/mol. The third-order valence-electron chi connectivity index (χ3n) is 5.92. The Morgan fingerprint density at radius 2 is 1.88 bits per heavy atom. The van der Waals surface area contributed by atoms with Crippen LogP contribution in [0.5, 0.6) is 0 Å². The van der Waals surface area contributed by atoms with Crippen molar-refractivity contribution in [3.63, 3.8) is 0 Å². The van der Waals surface area contributed by atoms with E-state index in [0.717, 1.165) is 29.1 Å². The van der Waals surface area contributed by atoms with Crippen molar-refractivity contribution >= 4 is 22.5 Å². The summed E-state index contributed by atoms with van der Waals surface area (Å²) in [6.45, 7) is 7.34. The Labute approximate surface area is 191 Å². The SMILES string of the molecule is Cc1cccc(-c2ocnc2C(=O)Nc2c(C)nn(CCn3ccc4ccccc43)c2C)c1. The van der Waals surface area contributed by atoms with Crippen LogP contribution in [0.25, 0.3) is 22.2 Å². The zero-order valence-corrected chi connectivity index (χ0v) is 18.9. The lowest BCUT2D eigenvalue weighted by Crippen LogP contribution is -2.15. The summed E-state index contributed by atoms with van der Waals surface area (Å²) in [5.74, 6) is 0.140. The van der Waals surface area contributed by atoms with E-state index < -0.39 is 0 Å². The Balaban J connectivity index is 1.35. The number of hydrogen-bond donors (Lipinski definition) is 1. The minimum Gasteiger partial charge on any atom is -0.443 e. The fourth-order valence-electron chi connectivity index (χ4n) is 4.21. The number of amides is 1. The molecule has 0 atom stereocenters. The number of nitrogens with one attached hydrogen (secondary N) is 1. The molecule has 33 heavy (non-hydrogen) atoms. The summed E-state index contributed by atoms with van der Waals surface area (Å²) < 4.78 is 9.70. The van der Waals surface area contributed by atoms with Crippen molar-refractivity contribution in [2.24, 2.45) is 0 Å². The number of fused-ring (bicyclic) bond motifs is 1. The Kier molecular flexibility index (Phi) is 5.30. The van der Waals surface area contributed by atoms with Gasteiger partial charge in [-0.2, -0.15) is 5.10 Å². The van der Waals surface area contributed by atoms with Crippen molar-refractivity contribution in [2.75, 3.05) is 5.32 Å². The summed E-state index contributed by atoms with van der Waals surface area (Å²) in [6, 6.07) is 18.2. The Hall–Kier alpha value is -4.13. The number of aromatic nitrogens is 4. The minimum atomic E-state index is -0.317. The van der Waals surface area contributed by atoms with E-state index in [9.17, 15) is 4.79 Å². The number of carbonyl (C=O) groups is 1. The van der Waals surface area contributed by atoms with Crippen LogP contribution in [0.1, 0.15) is 27.4 Å². The highest BCUT2D eigenvalue weighted by molar-refractivity contribution is 6.06. The van der Waals surface area contributed by atoms with Gasteiger partial charge in [0.25, 0.3) is 5.91 Å². The molecule has 0 radical (unpaired) electrons. The Morgan fingerprint density at radius 1 is 1.03 bits per heavy atom. The summed E-state index contributed by atoms with van der Waals surface area (Å²) in [5, 5.41) is 8.88. The normalized spacial score (nSPS) is 11.2. The molecule has 0 bridgehead atoms. The summed E-state index contributed by atoms with van der Waals surface area (Å²) in [7, 11) is 0. The van der Waals surface area contributed by atoms with Crippen molar-refractivity contribution in [3.8, 4) is 11.3 Å². The second kappa shape index (κ2) is 8.43. The Bertz CT molecular complexity index is 1460. The maximum absolute atomic E-state index is 13.1. The summed E-state index contributed by atoms with van der Waals surface area (Å²) in [6.07, 6.45) is 3.40. The number of nitrogens with zero attached hydrogens (tertiary/aromatic N) is 4. The first kappa shape index (κ1) is 20.8. The molecular formula is C26H25N5O2. The topological polar surface area (TPSA) is 77.9 Å². The van der Waals surface area contributed by atoms with Crippen LogP contribution in [0.15, 0.2) is 71.6 Å². The lowest BCUT2D eigenvalue weighted by molar-refractivity contribution is 0.102. The molecular weight excluding hydrogens is 414 g/mol. The molecule has 3 aromatic heterocycles. The van der Waals surface area contributed by atoms with Crippen molar-refractivity contribution in [2.45, 2.75) is 33.9 Å². The van der Waals surface area contributed by atoms with Gasteiger partial charge in [0.05, 0.1) is 23.6 Å². The molecule has 0 saturated heterocycles. The van der Waals surface area contributed by atoms with Gasteiger partial charge in [0.15, 0.2) is 17.8 Å². The van der Waals surface area contributed by atoms with Gasteiger partial charge in [-0.3, -0.25) is 9.48 Å². The molecule has 0 fully saturated rings. The molecule has 5 aromatic rings. The second-order valence-electron chi connectivity index (χ2n) is 8.19. The number of hydrogen-bond acceptors (Lipinski definition) is 4. The molecule has 0 aliphatic rings. The van der Waals surface area contributed by atoms with Crippen LogP contribution in [-0.2, 0) is 13.1 Å². The van der Waals surface area contributed by atoms with Crippen LogP contribution >= 0.6 is 0 Å². The molecule has 1 amide bonds. The molecule has 7 nitrogen and oxygen atoms in total. The zero-order valence-electron chi connectivity index (χ0n) is 18.9. The van der Waals surface area contributed by atoms with Crippen LogP contribution < -0.4 is 5.32 Å². The van der Waals surface area contributed by atoms with Gasteiger partial charge in [0, 0.05) is 23.8 Å². The molecule has 2 aromatic carbocycles. The van der Waals surface area contributed by atoms with Crippen LogP contribution in [-0.4, -0.2) is 25.2 Å². The third kappa shape index (κ3) is 3.93. The number of benzene rings is 2. The molecule has 7 heteroatoms. The fourth-order valence-corrected chi connectivity index (χ4v) is 4.21. The van der Waals surface area contributed by atoms with Gasteiger partial charge in [-0.15, -0.1) is 0 Å². The quantitative estimate of drug-likeness (QED) is 0.386. The van der Waals surface area contributed by atoms with E-state index in [0.29, 0.717) is 18.0 Å². The lowest BCUT2D eigenvalue weighted by Gasteiger charge is -2.09. The van der Waals surface area contributed by atoms with E-state index in [4.69, 9.17) is 4.42 Å². The summed E-state index contributed by atoms with van der Waals surface area (Å²) in [4.78, 5) is 17.3. The van der Waals surface area contributed by atoms with Gasteiger partial charge in [-0.25, -0.2) is 4.98 Å². The highest BCUT2D eigenvalue weighted by atomic mass is 16.3. The maximum Gasteiger partial charge on any atom is 0.278 e. The maximum atomic E-state index is 13.1. The van der Waals surface area contributed by atoms with Gasteiger partial charge in [-0.1, -0.05) is 42.0 Å². The number of carbonyl (C=O) groups excluding carboxylic acids is 1. The summed E-state index contributed by atoms with van der Waals surface area (Å²) >= 11 is 0. The number of para-hydroxylation sites is 1. The minimum absolute atomic E-state index is 0.256. The molecule has 3 heterocycles. The first-order valence-electron chi connectivity index (χ1n) is 10.9. The molecule has 0 spiro atoms. The van der Waals surface area contributed by atoms with Crippen molar-refractivity contribution in [3.05, 3.63) is 89.8 Å². The van der Waals surface area contributed by atoms with E-state index >= 15 is 0 Å². The fraction of sp³-hybridized carbons (Fsp3) is 0.192. The van der Waals surface area contributed by atoms with E-state index in [1.54, 1.807) is 0 Å². The van der Waals surface area contributed by atoms with Crippen LogP contribution in [0.3, 0.4) is 0 Å². The highest BCUT2D eigenvalue weighted by Crippen LogP contribution is 2.26. The molecule has 0 aliphatic heterocycles. The smallest absolute Gasteiger partial charge is 0.278 e. The molecule has 0 aliphatic carbocycles. The van der Waals surface area contributed by atoms with Gasteiger partial charge in [-0.05, 0) is 44.4 Å². The van der Waals surface area contributed by atoms with Crippen LogP contribution in [0.4, 0.5) is 5.69 Å². The van der Waals surface area contributed by atoms with Crippen molar-refractivity contribution in [1.29, 1.82) is 0 Å². The van der Waals surface area contributed by atoms with Crippen molar-refractivity contribution in [1.82, 2.24) is 19.3 Å². The Morgan fingerprint density at radius 3 is 2.73 bits per heavy atom. The third-order valence-corrected chi connectivity index (χ3v) is 5.92. The number of oxazole rings is 1. The highest BCUT2D eigenvalue weighted by Gasteiger charge is 2.21. The van der Waals surface area contributed by atoms with Gasteiger partial charge < -0.3 is 14.3 Å². The zero-order chi connectivity index (χ0) is 22.9. The van der Waals surface area contributed by atoms with E-state index in [1.165, 1.54) is 17.3 Å². The van der Waals surface area contributed by atoms with E-state index in [1.807, 2.05) is 61.9 Å². The number of aryl methyl sites for hydroxylation is 4.